The van der Waals surface area contributed by atoms with Gasteiger partial charge in [0.1, 0.15) is 0 Å². The highest BCUT2D eigenvalue weighted by Gasteiger charge is 2.49. The second-order valence-electron chi connectivity index (χ2n) is 9.76. The molecule has 5 heteroatoms. The van der Waals surface area contributed by atoms with E-state index in [0.717, 1.165) is 45.1 Å². The summed E-state index contributed by atoms with van der Waals surface area (Å²) in [5.74, 6) is 0.580. The van der Waals surface area contributed by atoms with Crippen molar-refractivity contribution < 1.29 is 24.1 Å². The summed E-state index contributed by atoms with van der Waals surface area (Å²) in [5.41, 5.74) is 0. The van der Waals surface area contributed by atoms with Crippen LogP contribution in [0.5, 0.6) is 0 Å². The predicted octanol–water partition coefficient (Wildman–Crippen LogP) is 5.16. The first-order valence-electron chi connectivity index (χ1n) is 11.6. The lowest BCUT2D eigenvalue weighted by molar-refractivity contribution is -0.342. The number of carboxylic acids is 1. The molecule has 5 nitrogen and oxygen atoms in total. The van der Waals surface area contributed by atoms with Crippen LogP contribution in [-0.4, -0.2) is 41.8 Å². The highest BCUT2D eigenvalue weighted by atomic mass is 16.7. The Bertz CT molecular complexity index is 507. The molecular weight excluding hydrogens is 356 g/mol. The van der Waals surface area contributed by atoms with E-state index in [1.807, 2.05) is 0 Å². The Morgan fingerprint density at radius 2 is 1.89 bits per heavy atom. The van der Waals surface area contributed by atoms with Crippen LogP contribution in [0.2, 0.25) is 0 Å². The first-order valence-corrected chi connectivity index (χ1v) is 11.6. The van der Waals surface area contributed by atoms with Crippen LogP contribution < -0.4 is 0 Å². The predicted molar refractivity (Wildman–Crippen MR) is 108 cm³/mol. The maximum atomic E-state index is 10.7. The number of rotatable bonds is 7. The van der Waals surface area contributed by atoms with Gasteiger partial charge in [-0.05, 0) is 63.2 Å². The average molecular weight is 397 g/mol. The fourth-order valence-electron chi connectivity index (χ4n) is 5.61. The van der Waals surface area contributed by atoms with Gasteiger partial charge in [0.15, 0.2) is 5.79 Å². The summed E-state index contributed by atoms with van der Waals surface area (Å²) in [6.07, 6.45) is 11.1. The van der Waals surface area contributed by atoms with Gasteiger partial charge in [0.25, 0.3) is 0 Å². The van der Waals surface area contributed by atoms with Crippen LogP contribution in [0.3, 0.4) is 0 Å². The van der Waals surface area contributed by atoms with Crippen LogP contribution in [-0.2, 0) is 19.0 Å². The van der Waals surface area contributed by atoms with Crippen LogP contribution in [0.15, 0.2) is 0 Å². The second kappa shape index (κ2) is 9.90. The largest absolute Gasteiger partial charge is 0.481 e. The molecule has 0 aromatic rings. The van der Waals surface area contributed by atoms with E-state index >= 15 is 0 Å². The number of hydrogen-bond donors (Lipinski definition) is 1. The quantitative estimate of drug-likeness (QED) is 0.644. The molecule has 1 spiro atoms. The van der Waals surface area contributed by atoms with E-state index in [4.69, 9.17) is 19.3 Å². The molecule has 0 aromatic carbocycles. The molecule has 2 aliphatic heterocycles. The zero-order valence-corrected chi connectivity index (χ0v) is 18.0. The van der Waals surface area contributed by atoms with Crippen LogP contribution >= 0.6 is 0 Å². The number of aliphatic carboxylic acids is 1. The van der Waals surface area contributed by atoms with Gasteiger partial charge < -0.3 is 19.3 Å². The lowest BCUT2D eigenvalue weighted by atomic mass is 9.72. The molecule has 0 aromatic heterocycles. The monoisotopic (exact) mass is 396 g/mol. The molecule has 3 rings (SSSR count). The zero-order valence-electron chi connectivity index (χ0n) is 18.0. The standard InChI is InChI=1S/C23H40O5/c1-16(2)21-11-10-17(3)15-23(21)26-13-12-20(28-23)14-19-8-4-6-18(27-19)7-5-9-22(24)25/h16-21H,4-15H2,1-3H3,(H,24,25)/t17-,18?,19?,20?,21?,23?/m1/s1. The summed E-state index contributed by atoms with van der Waals surface area (Å²) >= 11 is 0. The van der Waals surface area contributed by atoms with Crippen molar-refractivity contribution in [2.24, 2.45) is 17.8 Å². The number of ether oxygens (including phenoxy) is 3. The van der Waals surface area contributed by atoms with Crippen LogP contribution in [0.25, 0.3) is 0 Å². The van der Waals surface area contributed by atoms with E-state index in [9.17, 15) is 4.79 Å². The van der Waals surface area contributed by atoms with Gasteiger partial charge in [-0.1, -0.05) is 27.2 Å². The summed E-state index contributed by atoms with van der Waals surface area (Å²) in [6.45, 7) is 7.70. The minimum Gasteiger partial charge on any atom is -0.481 e. The lowest BCUT2D eigenvalue weighted by Gasteiger charge is -2.51. The zero-order chi connectivity index (χ0) is 20.1. The summed E-state index contributed by atoms with van der Waals surface area (Å²) in [6, 6.07) is 0. The Hall–Kier alpha value is -0.650. The molecule has 1 N–H and O–H groups in total. The van der Waals surface area contributed by atoms with Gasteiger partial charge in [-0.3, -0.25) is 4.79 Å². The van der Waals surface area contributed by atoms with Crippen molar-refractivity contribution >= 4 is 5.97 Å². The average Bonchev–Trinajstić information content (AvgIpc) is 2.61. The van der Waals surface area contributed by atoms with E-state index in [-0.39, 0.29) is 24.7 Å². The van der Waals surface area contributed by atoms with Crippen molar-refractivity contribution in [2.75, 3.05) is 6.61 Å². The molecule has 5 unspecified atom stereocenters. The van der Waals surface area contributed by atoms with Crippen LogP contribution in [0, 0.1) is 17.8 Å². The van der Waals surface area contributed by atoms with Crippen LogP contribution in [0.1, 0.15) is 91.4 Å². The van der Waals surface area contributed by atoms with E-state index in [1.165, 1.54) is 19.3 Å². The Kier molecular flexibility index (Phi) is 7.80. The van der Waals surface area contributed by atoms with Crippen molar-refractivity contribution in [2.45, 2.75) is 115 Å². The van der Waals surface area contributed by atoms with Gasteiger partial charge in [-0.2, -0.15) is 0 Å². The number of hydrogen-bond acceptors (Lipinski definition) is 4. The minimum absolute atomic E-state index is 0.211. The van der Waals surface area contributed by atoms with Crippen molar-refractivity contribution in [3.63, 3.8) is 0 Å². The maximum Gasteiger partial charge on any atom is 0.303 e. The van der Waals surface area contributed by atoms with E-state index in [2.05, 4.69) is 20.8 Å². The second-order valence-corrected chi connectivity index (χ2v) is 9.76. The molecule has 6 atom stereocenters. The molecular formula is C23H40O5. The topological polar surface area (TPSA) is 65.0 Å². The summed E-state index contributed by atoms with van der Waals surface area (Å²) in [4.78, 5) is 10.7. The fraction of sp³-hybridized carbons (Fsp3) is 0.957. The molecule has 162 valence electrons. The Balaban J connectivity index is 1.54. The van der Waals surface area contributed by atoms with Gasteiger partial charge >= 0.3 is 5.97 Å². The van der Waals surface area contributed by atoms with E-state index in [1.54, 1.807) is 0 Å². The van der Waals surface area contributed by atoms with Gasteiger partial charge in [-0.15, -0.1) is 0 Å². The molecule has 2 heterocycles. The minimum atomic E-state index is -0.713. The first kappa shape index (κ1) is 22.0. The Morgan fingerprint density at radius 3 is 2.64 bits per heavy atom. The molecule has 0 bridgehead atoms. The van der Waals surface area contributed by atoms with Crippen molar-refractivity contribution in [3.05, 3.63) is 0 Å². The molecule has 2 saturated heterocycles. The van der Waals surface area contributed by atoms with E-state index in [0.29, 0.717) is 24.2 Å². The SMILES string of the molecule is CC(C)C1CC[C@@H](C)CC12OCCC(CC1CCCC(CCCC(=O)O)O1)O2. The molecule has 1 aliphatic carbocycles. The van der Waals surface area contributed by atoms with Gasteiger partial charge in [0.05, 0.1) is 24.9 Å². The molecule has 3 aliphatic rings. The van der Waals surface area contributed by atoms with Crippen molar-refractivity contribution in [1.82, 2.24) is 0 Å². The summed E-state index contributed by atoms with van der Waals surface area (Å²) in [5, 5.41) is 8.84. The van der Waals surface area contributed by atoms with Gasteiger partial charge in [0, 0.05) is 18.8 Å². The summed E-state index contributed by atoms with van der Waals surface area (Å²) in [7, 11) is 0. The molecule has 1 saturated carbocycles. The van der Waals surface area contributed by atoms with Gasteiger partial charge in [-0.25, -0.2) is 0 Å². The first-order chi connectivity index (χ1) is 13.4. The number of carbonyl (C=O) groups is 1. The smallest absolute Gasteiger partial charge is 0.303 e. The third-order valence-electron chi connectivity index (χ3n) is 7.01. The third kappa shape index (κ3) is 5.70. The highest BCUT2D eigenvalue weighted by Crippen LogP contribution is 2.47. The summed E-state index contributed by atoms with van der Waals surface area (Å²) < 4.78 is 19.4. The van der Waals surface area contributed by atoms with Gasteiger partial charge in [0.2, 0.25) is 0 Å². The van der Waals surface area contributed by atoms with Crippen molar-refractivity contribution in [3.8, 4) is 0 Å². The van der Waals surface area contributed by atoms with E-state index < -0.39 is 11.8 Å². The lowest BCUT2D eigenvalue weighted by Crippen LogP contribution is -2.55. The fourth-order valence-corrected chi connectivity index (χ4v) is 5.61. The van der Waals surface area contributed by atoms with Crippen LogP contribution in [0.4, 0.5) is 0 Å². The highest BCUT2D eigenvalue weighted by molar-refractivity contribution is 5.66. The molecule has 3 fully saturated rings. The third-order valence-corrected chi connectivity index (χ3v) is 7.01. The Morgan fingerprint density at radius 1 is 1.11 bits per heavy atom. The normalized spacial score (nSPS) is 39.4. The molecule has 28 heavy (non-hydrogen) atoms. The maximum absolute atomic E-state index is 10.7. The molecule has 0 radical (unpaired) electrons. The molecule has 0 amide bonds. The Labute approximate surface area is 170 Å². The van der Waals surface area contributed by atoms with Crippen molar-refractivity contribution in [1.29, 1.82) is 0 Å². The number of carboxylic acid groups (broad SMARTS) is 1.